The van der Waals surface area contributed by atoms with E-state index in [9.17, 15) is 4.79 Å². The molecule has 0 spiro atoms. The van der Waals surface area contributed by atoms with Gasteiger partial charge in [0, 0.05) is 57.5 Å². The van der Waals surface area contributed by atoms with Gasteiger partial charge >= 0.3 is 0 Å². The molecule has 35 heavy (non-hydrogen) atoms. The number of hydrogen-bond donors (Lipinski definition) is 0. The molecule has 0 radical (unpaired) electrons. The van der Waals surface area contributed by atoms with Crippen molar-refractivity contribution in [2.45, 2.75) is 6.10 Å². The van der Waals surface area contributed by atoms with Gasteiger partial charge in [-0.1, -0.05) is 12.1 Å². The Kier molecular flexibility index (Phi) is 6.28. The number of carbonyl (C=O) groups is 1. The summed E-state index contributed by atoms with van der Waals surface area (Å²) < 4.78 is 13.6. The molecule has 4 heterocycles. The lowest BCUT2D eigenvalue weighted by molar-refractivity contribution is -0.0405. The van der Waals surface area contributed by atoms with Gasteiger partial charge in [-0.05, 0) is 18.2 Å². The number of fused-ring (bicyclic) bond motifs is 1. The molecule has 10 heteroatoms. The monoisotopic (exact) mass is 473 g/mol. The first-order valence-electron chi connectivity index (χ1n) is 11.4. The lowest BCUT2D eigenvalue weighted by Crippen LogP contribution is -2.47. The fourth-order valence-corrected chi connectivity index (χ4v) is 4.01. The third kappa shape index (κ3) is 4.92. The SMILES string of the molecule is CN(C)c1ccc(-c2cc3nccnc3c(OC[C@@H]3CN(C(=O)c4cnn(C)c4)CCO3)n2)cc1. The van der Waals surface area contributed by atoms with Gasteiger partial charge in [-0.3, -0.25) is 14.5 Å². The standard InChI is InChI=1S/C25H27N7O3/c1-30(2)19-6-4-17(5-7-19)21-12-22-23(27-9-8-26-22)24(29-21)35-16-20-15-32(10-11-34-20)25(33)18-13-28-31(3)14-18/h4-9,12-14,20H,10-11,15-16H2,1-3H3/t20-/m0/s1. The number of rotatable bonds is 6. The molecule has 0 N–H and O–H groups in total. The number of amides is 1. The molecule has 3 aromatic heterocycles. The normalized spacial score (nSPS) is 15.9. The van der Waals surface area contributed by atoms with Gasteiger partial charge in [0.1, 0.15) is 12.7 Å². The van der Waals surface area contributed by atoms with Crippen LogP contribution in [0.5, 0.6) is 5.88 Å². The number of ether oxygens (including phenoxy) is 2. The van der Waals surface area contributed by atoms with Gasteiger partial charge in [0.25, 0.3) is 5.91 Å². The largest absolute Gasteiger partial charge is 0.473 e. The van der Waals surface area contributed by atoms with Crippen LogP contribution < -0.4 is 9.64 Å². The van der Waals surface area contributed by atoms with E-state index in [2.05, 4.69) is 15.1 Å². The molecule has 0 aliphatic carbocycles. The number of anilines is 1. The predicted molar refractivity (Wildman–Crippen MR) is 131 cm³/mol. The summed E-state index contributed by atoms with van der Waals surface area (Å²) in [5.41, 5.74) is 4.64. The predicted octanol–water partition coefficient (Wildman–Crippen LogP) is 2.41. The van der Waals surface area contributed by atoms with Crippen molar-refractivity contribution in [3.8, 4) is 17.1 Å². The maximum absolute atomic E-state index is 12.8. The zero-order valence-corrected chi connectivity index (χ0v) is 20.0. The fourth-order valence-electron chi connectivity index (χ4n) is 4.01. The second kappa shape index (κ2) is 9.67. The second-order valence-electron chi connectivity index (χ2n) is 8.64. The zero-order chi connectivity index (χ0) is 24.4. The second-order valence-corrected chi connectivity index (χ2v) is 8.64. The summed E-state index contributed by atoms with van der Waals surface area (Å²) in [7, 11) is 5.80. The van der Waals surface area contributed by atoms with Crippen LogP contribution in [0.3, 0.4) is 0 Å². The van der Waals surface area contributed by atoms with Crippen molar-refractivity contribution in [1.82, 2.24) is 29.6 Å². The number of aromatic nitrogens is 5. The van der Waals surface area contributed by atoms with Crippen LogP contribution in [0.4, 0.5) is 5.69 Å². The van der Waals surface area contributed by atoms with Crippen molar-refractivity contribution in [2.75, 3.05) is 45.3 Å². The maximum Gasteiger partial charge on any atom is 0.257 e. The van der Waals surface area contributed by atoms with Crippen LogP contribution in [0.1, 0.15) is 10.4 Å². The molecule has 1 aromatic carbocycles. The first-order valence-corrected chi connectivity index (χ1v) is 11.4. The summed E-state index contributed by atoms with van der Waals surface area (Å²) in [6, 6.07) is 10.0. The number of benzene rings is 1. The van der Waals surface area contributed by atoms with E-state index in [0.29, 0.717) is 42.2 Å². The molecule has 1 amide bonds. The van der Waals surface area contributed by atoms with Crippen LogP contribution in [0.2, 0.25) is 0 Å². The van der Waals surface area contributed by atoms with Gasteiger partial charge in [-0.15, -0.1) is 0 Å². The number of hydrogen-bond acceptors (Lipinski definition) is 8. The van der Waals surface area contributed by atoms with Crippen LogP contribution in [-0.2, 0) is 11.8 Å². The minimum absolute atomic E-state index is 0.0657. The Morgan fingerprint density at radius 1 is 1.20 bits per heavy atom. The molecule has 1 fully saturated rings. The van der Waals surface area contributed by atoms with Crippen LogP contribution in [0.25, 0.3) is 22.3 Å². The Labute approximate surface area is 203 Å². The third-order valence-corrected chi connectivity index (χ3v) is 5.89. The van der Waals surface area contributed by atoms with Crippen molar-refractivity contribution >= 4 is 22.6 Å². The highest BCUT2D eigenvalue weighted by molar-refractivity contribution is 5.93. The minimum Gasteiger partial charge on any atom is -0.473 e. The summed E-state index contributed by atoms with van der Waals surface area (Å²) in [4.78, 5) is 30.3. The minimum atomic E-state index is -0.291. The molecule has 0 unspecified atom stereocenters. The van der Waals surface area contributed by atoms with E-state index in [4.69, 9.17) is 14.5 Å². The van der Waals surface area contributed by atoms with Crippen LogP contribution in [-0.4, -0.2) is 82.0 Å². The third-order valence-electron chi connectivity index (χ3n) is 5.89. The van der Waals surface area contributed by atoms with Gasteiger partial charge in [0.2, 0.25) is 5.88 Å². The summed E-state index contributed by atoms with van der Waals surface area (Å²) in [6.07, 6.45) is 6.27. The Balaban J connectivity index is 1.34. The molecule has 4 aromatic rings. The molecule has 180 valence electrons. The highest BCUT2D eigenvalue weighted by Crippen LogP contribution is 2.28. The van der Waals surface area contributed by atoms with E-state index in [1.54, 1.807) is 41.4 Å². The fraction of sp³-hybridized carbons (Fsp3) is 0.320. The van der Waals surface area contributed by atoms with Gasteiger partial charge in [-0.2, -0.15) is 5.10 Å². The van der Waals surface area contributed by atoms with Crippen molar-refractivity contribution in [1.29, 1.82) is 0 Å². The first kappa shape index (κ1) is 22.7. The van der Waals surface area contributed by atoms with Crippen LogP contribution >= 0.6 is 0 Å². The van der Waals surface area contributed by atoms with Crippen molar-refractivity contribution in [3.63, 3.8) is 0 Å². The Hall–Kier alpha value is -4.05. The Morgan fingerprint density at radius 2 is 2.00 bits per heavy atom. The van der Waals surface area contributed by atoms with E-state index in [1.807, 2.05) is 49.3 Å². The van der Waals surface area contributed by atoms with E-state index < -0.39 is 0 Å². The number of aryl methyl sites for hydroxylation is 1. The first-order chi connectivity index (χ1) is 17.0. The molecule has 1 aliphatic rings. The lowest BCUT2D eigenvalue weighted by Gasteiger charge is -2.32. The highest BCUT2D eigenvalue weighted by atomic mass is 16.5. The molecule has 1 atom stereocenters. The van der Waals surface area contributed by atoms with Crippen LogP contribution in [0, 0.1) is 0 Å². The van der Waals surface area contributed by atoms with Crippen molar-refractivity contribution in [2.24, 2.45) is 7.05 Å². The lowest BCUT2D eigenvalue weighted by atomic mass is 10.1. The maximum atomic E-state index is 12.8. The van der Waals surface area contributed by atoms with E-state index in [1.165, 1.54) is 0 Å². The van der Waals surface area contributed by atoms with E-state index in [-0.39, 0.29) is 18.6 Å². The molecule has 0 saturated carbocycles. The summed E-state index contributed by atoms with van der Waals surface area (Å²) in [5, 5.41) is 4.09. The number of carbonyl (C=O) groups excluding carboxylic acids is 1. The summed E-state index contributed by atoms with van der Waals surface area (Å²) in [5.74, 6) is 0.325. The van der Waals surface area contributed by atoms with Gasteiger partial charge in [-0.25, -0.2) is 9.97 Å². The average molecular weight is 474 g/mol. The Morgan fingerprint density at radius 3 is 2.74 bits per heavy atom. The molecule has 1 aliphatic heterocycles. The summed E-state index contributed by atoms with van der Waals surface area (Å²) in [6.45, 7) is 1.61. The average Bonchev–Trinajstić information content (AvgIpc) is 3.33. The molecular weight excluding hydrogens is 446 g/mol. The van der Waals surface area contributed by atoms with Gasteiger partial charge in [0.05, 0.1) is 36.1 Å². The van der Waals surface area contributed by atoms with Crippen molar-refractivity contribution in [3.05, 3.63) is 60.7 Å². The smallest absolute Gasteiger partial charge is 0.257 e. The van der Waals surface area contributed by atoms with Crippen molar-refractivity contribution < 1.29 is 14.3 Å². The van der Waals surface area contributed by atoms with Crippen LogP contribution in [0.15, 0.2) is 55.1 Å². The Bertz CT molecular complexity index is 1340. The quantitative estimate of drug-likeness (QED) is 0.421. The molecule has 10 nitrogen and oxygen atoms in total. The topological polar surface area (TPSA) is 98.5 Å². The number of pyridine rings is 1. The van der Waals surface area contributed by atoms with Gasteiger partial charge in [0.15, 0.2) is 5.52 Å². The number of morpholine rings is 1. The molecular formula is C25H27N7O3. The van der Waals surface area contributed by atoms with E-state index >= 15 is 0 Å². The highest BCUT2D eigenvalue weighted by Gasteiger charge is 2.26. The molecule has 1 saturated heterocycles. The van der Waals surface area contributed by atoms with Gasteiger partial charge < -0.3 is 19.3 Å². The summed E-state index contributed by atoms with van der Waals surface area (Å²) >= 11 is 0. The zero-order valence-electron chi connectivity index (χ0n) is 20.0. The molecule has 0 bridgehead atoms. The van der Waals surface area contributed by atoms with E-state index in [0.717, 1.165) is 16.9 Å². The molecule has 5 rings (SSSR count). The number of nitrogens with zero attached hydrogens (tertiary/aromatic N) is 7.